The van der Waals surface area contributed by atoms with E-state index in [1.807, 2.05) is 0 Å². The van der Waals surface area contributed by atoms with Crippen molar-refractivity contribution < 1.29 is 14.3 Å². The van der Waals surface area contributed by atoms with Crippen molar-refractivity contribution in [3.63, 3.8) is 0 Å². The van der Waals surface area contributed by atoms with E-state index >= 15 is 0 Å². The summed E-state index contributed by atoms with van der Waals surface area (Å²) in [5.74, 6) is 0.673. The molecule has 1 aromatic heterocycles. The molecule has 126 valence electrons. The van der Waals surface area contributed by atoms with Crippen molar-refractivity contribution >= 4 is 23.3 Å². The molecule has 7 nitrogen and oxygen atoms in total. The van der Waals surface area contributed by atoms with Crippen LogP contribution in [0.2, 0.25) is 5.02 Å². The summed E-state index contributed by atoms with van der Waals surface area (Å²) in [6, 6.07) is 6.80. The van der Waals surface area contributed by atoms with Crippen molar-refractivity contribution in [3.8, 4) is 11.8 Å². The number of nitrogens with one attached hydrogen (secondary N) is 1. The van der Waals surface area contributed by atoms with Crippen LogP contribution in [0.25, 0.3) is 0 Å². The molecule has 2 amide bonds. The standard InChI is InChI=1S/C16H17ClN4O3/c1-23-14-15(19-8-7-18-14)24-13-6-9-21(10-13)16(22)20-12-4-2-11(17)3-5-12/h2-5,7-8,13H,6,9-10H2,1H3,(H,20,22). The molecule has 1 aromatic carbocycles. The van der Waals surface area contributed by atoms with Crippen LogP contribution >= 0.6 is 11.6 Å². The van der Waals surface area contributed by atoms with Crippen LogP contribution < -0.4 is 14.8 Å². The smallest absolute Gasteiger partial charge is 0.321 e. The number of hydrogen-bond donors (Lipinski definition) is 1. The van der Waals surface area contributed by atoms with Gasteiger partial charge in [-0.1, -0.05) is 11.6 Å². The van der Waals surface area contributed by atoms with Gasteiger partial charge in [-0.15, -0.1) is 0 Å². The predicted molar refractivity (Wildman–Crippen MR) is 89.7 cm³/mol. The molecule has 1 unspecified atom stereocenters. The van der Waals surface area contributed by atoms with E-state index in [1.165, 1.54) is 19.5 Å². The summed E-state index contributed by atoms with van der Waals surface area (Å²) in [5, 5.41) is 3.46. The molecule has 0 spiro atoms. The number of carbonyl (C=O) groups excluding carboxylic acids is 1. The highest BCUT2D eigenvalue weighted by Gasteiger charge is 2.28. The normalized spacial score (nSPS) is 16.8. The fraction of sp³-hybridized carbons (Fsp3) is 0.312. The molecular formula is C16H17ClN4O3. The largest absolute Gasteiger partial charge is 0.477 e. The number of ether oxygens (including phenoxy) is 2. The molecule has 0 aliphatic carbocycles. The summed E-state index contributed by atoms with van der Waals surface area (Å²) in [5.41, 5.74) is 0.698. The third-order valence-corrected chi connectivity index (χ3v) is 3.88. The number of rotatable bonds is 4. The van der Waals surface area contributed by atoms with Crippen molar-refractivity contribution in [2.75, 3.05) is 25.5 Å². The molecular weight excluding hydrogens is 332 g/mol. The topological polar surface area (TPSA) is 76.6 Å². The van der Waals surface area contributed by atoms with Crippen LogP contribution in [0.1, 0.15) is 6.42 Å². The third-order valence-electron chi connectivity index (χ3n) is 3.63. The Bertz CT molecular complexity index is 711. The number of amides is 2. The second kappa shape index (κ2) is 7.35. The van der Waals surface area contributed by atoms with Crippen LogP contribution in [-0.2, 0) is 0 Å². The predicted octanol–water partition coefficient (Wildman–Crippen LogP) is 2.82. The lowest BCUT2D eigenvalue weighted by molar-refractivity contribution is 0.182. The highest BCUT2D eigenvalue weighted by molar-refractivity contribution is 6.30. The van der Waals surface area contributed by atoms with E-state index in [0.29, 0.717) is 42.0 Å². The lowest BCUT2D eigenvalue weighted by atomic mass is 10.3. The fourth-order valence-corrected chi connectivity index (χ4v) is 2.56. The minimum Gasteiger partial charge on any atom is -0.477 e. The zero-order valence-corrected chi connectivity index (χ0v) is 13.9. The van der Waals surface area contributed by atoms with Gasteiger partial charge >= 0.3 is 6.03 Å². The Labute approximate surface area is 144 Å². The summed E-state index contributed by atoms with van der Waals surface area (Å²) in [4.78, 5) is 22.2. The lowest BCUT2D eigenvalue weighted by Gasteiger charge is -2.18. The first-order valence-electron chi connectivity index (χ1n) is 7.49. The molecule has 2 heterocycles. The minimum atomic E-state index is -0.172. The first-order chi connectivity index (χ1) is 11.7. The van der Waals surface area contributed by atoms with Gasteiger partial charge in [0.15, 0.2) is 0 Å². The summed E-state index contributed by atoms with van der Waals surface area (Å²) < 4.78 is 10.9. The van der Waals surface area contributed by atoms with Gasteiger partial charge in [0.25, 0.3) is 11.8 Å². The average molecular weight is 349 g/mol. The van der Waals surface area contributed by atoms with Crippen LogP contribution in [0, 0.1) is 0 Å². The maximum absolute atomic E-state index is 12.3. The Hall–Kier alpha value is -2.54. The summed E-state index contributed by atoms with van der Waals surface area (Å²) in [6.45, 7) is 1.08. The van der Waals surface area contributed by atoms with Gasteiger partial charge in [-0.05, 0) is 24.3 Å². The molecule has 3 rings (SSSR count). The van der Waals surface area contributed by atoms with Crippen LogP contribution in [0.15, 0.2) is 36.7 Å². The summed E-state index contributed by atoms with van der Waals surface area (Å²) >= 11 is 5.84. The Kier molecular flexibility index (Phi) is 5.00. The van der Waals surface area contributed by atoms with Crippen molar-refractivity contribution in [3.05, 3.63) is 41.7 Å². The van der Waals surface area contributed by atoms with Gasteiger partial charge in [0, 0.05) is 36.1 Å². The minimum absolute atomic E-state index is 0.147. The van der Waals surface area contributed by atoms with E-state index in [0.717, 1.165) is 0 Å². The Morgan fingerprint density at radius 2 is 1.96 bits per heavy atom. The summed E-state index contributed by atoms with van der Waals surface area (Å²) in [6.07, 6.45) is 3.64. The molecule has 0 bridgehead atoms. The average Bonchev–Trinajstić information content (AvgIpc) is 3.06. The van der Waals surface area contributed by atoms with Gasteiger partial charge in [-0.25, -0.2) is 14.8 Å². The number of hydrogen-bond acceptors (Lipinski definition) is 5. The Morgan fingerprint density at radius 3 is 2.67 bits per heavy atom. The molecule has 1 aliphatic heterocycles. The van der Waals surface area contributed by atoms with E-state index in [-0.39, 0.29) is 12.1 Å². The van der Waals surface area contributed by atoms with E-state index < -0.39 is 0 Å². The second-order valence-corrected chi connectivity index (χ2v) is 5.72. The fourth-order valence-electron chi connectivity index (χ4n) is 2.44. The highest BCUT2D eigenvalue weighted by Crippen LogP contribution is 2.24. The monoisotopic (exact) mass is 348 g/mol. The number of urea groups is 1. The van der Waals surface area contributed by atoms with Crippen molar-refractivity contribution in [1.29, 1.82) is 0 Å². The molecule has 1 N–H and O–H groups in total. The van der Waals surface area contributed by atoms with E-state index in [9.17, 15) is 4.79 Å². The van der Waals surface area contributed by atoms with Gasteiger partial charge < -0.3 is 19.7 Å². The molecule has 1 aliphatic rings. The van der Waals surface area contributed by atoms with E-state index in [1.54, 1.807) is 29.2 Å². The van der Waals surface area contributed by atoms with Crippen molar-refractivity contribution in [2.24, 2.45) is 0 Å². The molecule has 8 heteroatoms. The number of benzene rings is 1. The third kappa shape index (κ3) is 3.86. The number of anilines is 1. The first-order valence-corrected chi connectivity index (χ1v) is 7.86. The highest BCUT2D eigenvalue weighted by atomic mass is 35.5. The van der Waals surface area contributed by atoms with Crippen LogP contribution in [0.5, 0.6) is 11.8 Å². The molecule has 2 aromatic rings. The first kappa shape index (κ1) is 16.3. The van der Waals surface area contributed by atoms with E-state index in [2.05, 4.69) is 15.3 Å². The molecule has 0 saturated carbocycles. The van der Waals surface area contributed by atoms with Crippen LogP contribution in [0.3, 0.4) is 0 Å². The van der Waals surface area contributed by atoms with Crippen molar-refractivity contribution in [1.82, 2.24) is 14.9 Å². The quantitative estimate of drug-likeness (QED) is 0.919. The zero-order valence-electron chi connectivity index (χ0n) is 13.1. The van der Waals surface area contributed by atoms with Gasteiger partial charge in [0.2, 0.25) is 0 Å². The molecule has 1 saturated heterocycles. The zero-order chi connectivity index (χ0) is 16.9. The molecule has 24 heavy (non-hydrogen) atoms. The number of carbonyl (C=O) groups is 1. The molecule has 1 atom stereocenters. The number of likely N-dealkylation sites (tertiary alicyclic amines) is 1. The van der Waals surface area contributed by atoms with Gasteiger partial charge in [0.05, 0.1) is 13.7 Å². The Balaban J connectivity index is 1.56. The lowest BCUT2D eigenvalue weighted by Crippen LogP contribution is -2.34. The van der Waals surface area contributed by atoms with E-state index in [4.69, 9.17) is 21.1 Å². The SMILES string of the molecule is COc1nccnc1OC1CCN(C(=O)Nc2ccc(Cl)cc2)C1. The maximum Gasteiger partial charge on any atom is 0.321 e. The number of halogens is 1. The van der Waals surface area contributed by atoms with Gasteiger partial charge in [-0.2, -0.15) is 0 Å². The number of methoxy groups -OCH3 is 1. The molecule has 0 radical (unpaired) electrons. The van der Waals surface area contributed by atoms with Gasteiger partial charge in [-0.3, -0.25) is 0 Å². The second-order valence-electron chi connectivity index (χ2n) is 5.28. The summed E-state index contributed by atoms with van der Waals surface area (Å²) in [7, 11) is 1.51. The number of nitrogens with zero attached hydrogens (tertiary/aromatic N) is 3. The maximum atomic E-state index is 12.3. The molecule has 1 fully saturated rings. The van der Waals surface area contributed by atoms with Crippen LogP contribution in [-0.4, -0.2) is 47.2 Å². The van der Waals surface area contributed by atoms with Crippen molar-refractivity contribution in [2.45, 2.75) is 12.5 Å². The van der Waals surface area contributed by atoms with Crippen LogP contribution in [0.4, 0.5) is 10.5 Å². The number of aromatic nitrogens is 2. The van der Waals surface area contributed by atoms with Gasteiger partial charge in [0.1, 0.15) is 6.10 Å². The Morgan fingerprint density at radius 1 is 1.25 bits per heavy atom.